The molecule has 0 aromatic heterocycles. The van der Waals surface area contributed by atoms with Crippen molar-refractivity contribution in [2.24, 2.45) is 0 Å². The van der Waals surface area contributed by atoms with Gasteiger partial charge < -0.3 is 13.8 Å². The lowest BCUT2D eigenvalue weighted by molar-refractivity contribution is 0.144. The van der Waals surface area contributed by atoms with Crippen LogP contribution in [0.1, 0.15) is 25.6 Å². The Morgan fingerprint density at radius 2 is 1.84 bits per heavy atom. The number of hydrogen-bond acceptors (Lipinski definition) is 4. The highest BCUT2D eigenvalue weighted by molar-refractivity contribution is 7.55. The predicted molar refractivity (Wildman–Crippen MR) is 69.8 cm³/mol. The number of halogens is 1. The van der Waals surface area contributed by atoms with E-state index in [2.05, 4.69) is 0 Å². The molecule has 0 aliphatic carbocycles. The van der Waals surface area contributed by atoms with Crippen molar-refractivity contribution in [1.29, 1.82) is 0 Å². The van der Waals surface area contributed by atoms with Gasteiger partial charge in [-0.1, -0.05) is 30.3 Å². The number of hydrogen-bond donors (Lipinski definition) is 0. The van der Waals surface area contributed by atoms with E-state index in [0.29, 0.717) is 5.56 Å². The van der Waals surface area contributed by atoms with Crippen LogP contribution in [0.25, 0.3) is 0 Å². The molecule has 1 aliphatic rings. The Kier molecular flexibility index (Phi) is 4.41. The minimum absolute atomic E-state index is 0.0420. The van der Waals surface area contributed by atoms with Crippen molar-refractivity contribution in [1.82, 2.24) is 0 Å². The molecule has 1 aromatic carbocycles. The summed E-state index contributed by atoms with van der Waals surface area (Å²) in [6.07, 6.45) is -1.53. The fourth-order valence-corrected chi connectivity index (χ4v) is 3.99. The maximum Gasteiger partial charge on any atom is 0.368 e. The fourth-order valence-electron chi connectivity index (χ4n) is 2.00. The highest BCUT2D eigenvalue weighted by Crippen LogP contribution is 2.71. The van der Waals surface area contributed by atoms with Crippen LogP contribution in [-0.2, 0) is 18.3 Å². The van der Waals surface area contributed by atoms with Gasteiger partial charge in [-0.25, -0.2) is 4.39 Å². The Hall–Kier alpha value is -0.740. The molecule has 0 unspecified atom stereocenters. The van der Waals surface area contributed by atoms with Gasteiger partial charge in [0.1, 0.15) is 0 Å². The van der Waals surface area contributed by atoms with E-state index in [0.717, 1.165) is 0 Å². The maximum atomic E-state index is 14.7. The van der Waals surface area contributed by atoms with Gasteiger partial charge in [-0.2, -0.15) is 0 Å². The summed E-state index contributed by atoms with van der Waals surface area (Å²) in [5.41, 5.74) is 0.416. The lowest BCUT2D eigenvalue weighted by atomic mass is 10.1. The van der Waals surface area contributed by atoms with Gasteiger partial charge in [0.05, 0.1) is 19.8 Å². The first-order valence-corrected chi connectivity index (χ1v) is 7.86. The molecule has 106 valence electrons. The summed E-state index contributed by atoms with van der Waals surface area (Å²) in [5.74, 6) is 0. The summed E-state index contributed by atoms with van der Waals surface area (Å²) in [4.78, 5) is 0. The van der Waals surface area contributed by atoms with Gasteiger partial charge in [0.25, 0.3) is 0 Å². The Labute approximate surface area is 112 Å². The van der Waals surface area contributed by atoms with Gasteiger partial charge in [0.2, 0.25) is 5.34 Å². The summed E-state index contributed by atoms with van der Waals surface area (Å²) in [6.45, 7) is 3.79. The molecule has 1 aliphatic heterocycles. The molecule has 2 rings (SSSR count). The zero-order valence-electron chi connectivity index (χ0n) is 11.0. The Balaban J connectivity index is 2.28. The Morgan fingerprint density at radius 1 is 1.32 bits per heavy atom. The maximum absolute atomic E-state index is 14.7. The third-order valence-electron chi connectivity index (χ3n) is 2.99. The van der Waals surface area contributed by atoms with Gasteiger partial charge in [0, 0.05) is 0 Å². The molecule has 0 N–H and O–H groups in total. The first-order valence-electron chi connectivity index (χ1n) is 6.32. The number of benzene rings is 1. The van der Waals surface area contributed by atoms with E-state index in [-0.39, 0.29) is 19.8 Å². The van der Waals surface area contributed by atoms with Crippen molar-refractivity contribution in [3.05, 3.63) is 35.9 Å². The Bertz CT molecular complexity index is 451. The van der Waals surface area contributed by atoms with Crippen LogP contribution in [0.15, 0.2) is 30.3 Å². The minimum Gasteiger partial charge on any atom is -0.354 e. The van der Waals surface area contributed by atoms with Crippen LogP contribution < -0.4 is 0 Å². The highest BCUT2D eigenvalue weighted by Gasteiger charge is 2.68. The van der Waals surface area contributed by atoms with Crippen LogP contribution in [0.4, 0.5) is 4.39 Å². The highest BCUT2D eigenvalue weighted by atomic mass is 31.2. The fraction of sp³-hybridized carbons (Fsp3) is 0.538. The van der Waals surface area contributed by atoms with E-state index in [4.69, 9.17) is 13.8 Å². The van der Waals surface area contributed by atoms with Gasteiger partial charge in [-0.3, -0.25) is 4.57 Å². The van der Waals surface area contributed by atoms with Crippen molar-refractivity contribution < 1.29 is 22.7 Å². The molecule has 19 heavy (non-hydrogen) atoms. The van der Waals surface area contributed by atoms with Crippen molar-refractivity contribution in [3.63, 3.8) is 0 Å². The average molecular weight is 288 g/mol. The molecule has 1 saturated heterocycles. The first-order chi connectivity index (χ1) is 9.09. The third-order valence-corrected chi connectivity index (χ3v) is 5.60. The van der Waals surface area contributed by atoms with Crippen molar-refractivity contribution in [2.75, 3.05) is 19.8 Å². The van der Waals surface area contributed by atoms with E-state index in [9.17, 15) is 8.96 Å². The zero-order chi connectivity index (χ0) is 13.9. The molecule has 1 fully saturated rings. The van der Waals surface area contributed by atoms with Crippen molar-refractivity contribution in [2.45, 2.75) is 25.4 Å². The predicted octanol–water partition coefficient (Wildman–Crippen LogP) is 3.69. The Morgan fingerprint density at radius 3 is 2.26 bits per heavy atom. The number of alkyl halides is 1. The quantitative estimate of drug-likeness (QED) is 0.567. The standard InChI is InChI=1S/C13H18FO4P/c1-3-17-19(15,18-4-2)13(10-16-13)12(14)11-8-6-5-7-9-11/h5-9,12H,3-4,10H2,1-2H3/t12-,13+/m0/s1. The second-order valence-corrected chi connectivity index (χ2v) is 6.51. The molecule has 1 aromatic rings. The van der Waals surface area contributed by atoms with Gasteiger partial charge in [-0.05, 0) is 19.4 Å². The molecule has 0 bridgehead atoms. The lowest BCUT2D eigenvalue weighted by Crippen LogP contribution is -2.22. The van der Waals surface area contributed by atoms with Crippen LogP contribution >= 0.6 is 7.60 Å². The molecule has 0 saturated carbocycles. The molecule has 1 heterocycles. The number of epoxide rings is 1. The van der Waals surface area contributed by atoms with E-state index in [1.54, 1.807) is 44.2 Å². The van der Waals surface area contributed by atoms with E-state index < -0.39 is 19.1 Å². The first kappa shape index (κ1) is 14.7. The van der Waals surface area contributed by atoms with Gasteiger partial charge >= 0.3 is 7.60 Å². The van der Waals surface area contributed by atoms with Gasteiger partial charge in [-0.15, -0.1) is 0 Å². The van der Waals surface area contributed by atoms with Crippen LogP contribution in [0.3, 0.4) is 0 Å². The average Bonchev–Trinajstić information content (AvgIpc) is 3.21. The van der Waals surface area contributed by atoms with Crippen LogP contribution in [0, 0.1) is 0 Å². The third kappa shape index (κ3) is 2.61. The van der Waals surface area contributed by atoms with Crippen molar-refractivity contribution >= 4 is 7.60 Å². The summed E-state index contributed by atoms with van der Waals surface area (Å²) in [6, 6.07) is 8.52. The smallest absolute Gasteiger partial charge is 0.354 e. The molecule has 0 radical (unpaired) electrons. The molecule has 4 nitrogen and oxygen atoms in total. The summed E-state index contributed by atoms with van der Waals surface area (Å²) < 4.78 is 43.0. The minimum atomic E-state index is -3.63. The topological polar surface area (TPSA) is 48.1 Å². The number of ether oxygens (including phenoxy) is 1. The van der Waals surface area contributed by atoms with E-state index >= 15 is 0 Å². The molecule has 6 heteroatoms. The van der Waals surface area contributed by atoms with Crippen LogP contribution in [0.2, 0.25) is 0 Å². The lowest BCUT2D eigenvalue weighted by Gasteiger charge is -2.26. The molecular weight excluding hydrogens is 270 g/mol. The molecule has 0 amide bonds. The summed E-state index contributed by atoms with van der Waals surface area (Å²) in [5, 5.41) is -1.49. The SMILES string of the molecule is CCOP(=O)(OCC)[C@@]1([C@@H](F)c2ccccc2)CO1. The van der Waals surface area contributed by atoms with Gasteiger partial charge in [0.15, 0.2) is 6.17 Å². The summed E-state index contributed by atoms with van der Waals surface area (Å²) >= 11 is 0. The van der Waals surface area contributed by atoms with Crippen molar-refractivity contribution in [3.8, 4) is 0 Å². The monoisotopic (exact) mass is 288 g/mol. The second-order valence-electron chi connectivity index (χ2n) is 4.24. The number of rotatable bonds is 7. The van der Waals surface area contributed by atoms with E-state index in [1.807, 2.05) is 0 Å². The van der Waals surface area contributed by atoms with E-state index in [1.165, 1.54) is 0 Å². The normalized spacial score (nSPS) is 24.2. The molecular formula is C13H18FO4P. The summed E-state index contributed by atoms with van der Waals surface area (Å²) in [7, 11) is -3.63. The zero-order valence-corrected chi connectivity index (χ0v) is 11.9. The largest absolute Gasteiger partial charge is 0.368 e. The van der Waals surface area contributed by atoms with Crippen LogP contribution in [-0.4, -0.2) is 25.2 Å². The molecule has 2 atom stereocenters. The molecule has 0 spiro atoms. The second kappa shape index (κ2) is 5.71. The van der Waals surface area contributed by atoms with Crippen LogP contribution in [0.5, 0.6) is 0 Å².